The van der Waals surface area contributed by atoms with Crippen LogP contribution in [0.3, 0.4) is 0 Å². The van der Waals surface area contributed by atoms with Gasteiger partial charge in [0.15, 0.2) is 0 Å². The molecule has 3 rings (SSSR count). The van der Waals surface area contributed by atoms with Gasteiger partial charge in [-0.05, 0) is 35.0 Å². The SMILES string of the molecule is O=C(N/N=C/c1cccc2ccc(O)cc12)c1ccccc1. The van der Waals surface area contributed by atoms with E-state index in [9.17, 15) is 9.90 Å². The zero-order chi connectivity index (χ0) is 15.4. The van der Waals surface area contributed by atoms with Gasteiger partial charge in [-0.25, -0.2) is 5.43 Å². The maximum absolute atomic E-state index is 11.9. The van der Waals surface area contributed by atoms with Crippen LogP contribution < -0.4 is 5.43 Å². The molecule has 3 aromatic carbocycles. The number of amides is 1. The standard InChI is InChI=1S/C18H14N2O2/c21-16-10-9-13-7-4-8-15(17(13)11-16)12-19-20-18(22)14-5-2-1-3-6-14/h1-12,21H,(H,20,22)/b19-12+. The number of phenols is 1. The number of hydrazone groups is 1. The minimum absolute atomic E-state index is 0.196. The van der Waals surface area contributed by atoms with Crippen molar-refractivity contribution >= 4 is 22.9 Å². The molecule has 22 heavy (non-hydrogen) atoms. The molecule has 0 saturated carbocycles. The van der Waals surface area contributed by atoms with Gasteiger partial charge in [0, 0.05) is 11.1 Å². The number of carbonyl (C=O) groups is 1. The lowest BCUT2D eigenvalue weighted by atomic mass is 10.1. The van der Waals surface area contributed by atoms with Crippen LogP contribution in [-0.2, 0) is 0 Å². The van der Waals surface area contributed by atoms with Crippen LogP contribution in [0.25, 0.3) is 10.8 Å². The average Bonchev–Trinajstić information content (AvgIpc) is 2.56. The molecule has 1 amide bonds. The monoisotopic (exact) mass is 290 g/mol. The molecule has 3 aromatic rings. The third kappa shape index (κ3) is 2.96. The highest BCUT2D eigenvalue weighted by Gasteiger charge is 2.03. The Morgan fingerprint density at radius 1 is 1.00 bits per heavy atom. The zero-order valence-corrected chi connectivity index (χ0v) is 11.7. The van der Waals surface area contributed by atoms with Gasteiger partial charge < -0.3 is 5.11 Å². The van der Waals surface area contributed by atoms with Gasteiger partial charge in [-0.15, -0.1) is 0 Å². The molecule has 0 spiro atoms. The molecule has 0 fully saturated rings. The summed E-state index contributed by atoms with van der Waals surface area (Å²) in [5.41, 5.74) is 3.87. The summed E-state index contributed by atoms with van der Waals surface area (Å²) in [5, 5.41) is 15.5. The lowest BCUT2D eigenvalue weighted by molar-refractivity contribution is 0.0955. The van der Waals surface area contributed by atoms with Crippen molar-refractivity contribution in [3.05, 3.63) is 77.9 Å². The molecule has 0 aliphatic heterocycles. The molecule has 0 unspecified atom stereocenters. The van der Waals surface area contributed by atoms with Gasteiger partial charge in [0.25, 0.3) is 5.91 Å². The highest BCUT2D eigenvalue weighted by atomic mass is 16.3. The Labute approximate surface area is 127 Å². The van der Waals surface area contributed by atoms with Gasteiger partial charge in [-0.3, -0.25) is 4.79 Å². The molecule has 0 saturated heterocycles. The van der Waals surface area contributed by atoms with E-state index in [0.29, 0.717) is 5.56 Å². The molecular formula is C18H14N2O2. The van der Waals surface area contributed by atoms with Gasteiger partial charge in [-0.1, -0.05) is 42.5 Å². The first-order valence-electron chi connectivity index (χ1n) is 6.84. The van der Waals surface area contributed by atoms with Crippen LogP contribution in [-0.4, -0.2) is 17.2 Å². The van der Waals surface area contributed by atoms with Gasteiger partial charge in [-0.2, -0.15) is 5.10 Å². The van der Waals surface area contributed by atoms with E-state index in [-0.39, 0.29) is 11.7 Å². The molecule has 0 aliphatic carbocycles. The second-order valence-electron chi connectivity index (χ2n) is 4.82. The highest BCUT2D eigenvalue weighted by molar-refractivity contribution is 6.01. The molecule has 0 bridgehead atoms. The van der Waals surface area contributed by atoms with Crippen molar-refractivity contribution in [1.82, 2.24) is 5.43 Å². The number of nitrogens with one attached hydrogen (secondary N) is 1. The predicted molar refractivity (Wildman–Crippen MR) is 87.1 cm³/mol. The Bertz CT molecular complexity index is 842. The third-order valence-corrected chi connectivity index (χ3v) is 3.31. The van der Waals surface area contributed by atoms with Crippen LogP contribution >= 0.6 is 0 Å². The number of nitrogens with zero attached hydrogens (tertiary/aromatic N) is 1. The maximum atomic E-state index is 11.9. The number of hydrogen-bond acceptors (Lipinski definition) is 3. The first kappa shape index (κ1) is 13.8. The van der Waals surface area contributed by atoms with E-state index < -0.39 is 0 Å². The van der Waals surface area contributed by atoms with E-state index in [1.165, 1.54) is 0 Å². The number of carbonyl (C=O) groups excluding carboxylic acids is 1. The van der Waals surface area contributed by atoms with Gasteiger partial charge >= 0.3 is 0 Å². The van der Waals surface area contributed by atoms with E-state index >= 15 is 0 Å². The summed E-state index contributed by atoms with van der Waals surface area (Å²) in [5.74, 6) is -0.0680. The fourth-order valence-electron chi connectivity index (χ4n) is 2.21. The minimum Gasteiger partial charge on any atom is -0.508 e. The molecule has 2 N–H and O–H groups in total. The van der Waals surface area contributed by atoms with Crippen molar-refractivity contribution in [3.8, 4) is 5.75 Å². The Morgan fingerprint density at radius 3 is 2.64 bits per heavy atom. The summed E-state index contributed by atoms with van der Waals surface area (Å²) >= 11 is 0. The van der Waals surface area contributed by atoms with Crippen LogP contribution in [0.5, 0.6) is 5.75 Å². The number of hydrogen-bond donors (Lipinski definition) is 2. The van der Waals surface area contributed by atoms with E-state index in [1.54, 1.807) is 42.6 Å². The number of benzene rings is 3. The molecule has 108 valence electrons. The fraction of sp³-hybridized carbons (Fsp3) is 0. The molecule has 0 aromatic heterocycles. The van der Waals surface area contributed by atoms with Crippen LogP contribution in [0.1, 0.15) is 15.9 Å². The number of fused-ring (bicyclic) bond motifs is 1. The Kier molecular flexibility index (Phi) is 3.83. The molecular weight excluding hydrogens is 276 g/mol. The summed E-state index contributed by atoms with van der Waals surface area (Å²) in [6, 6.07) is 19.8. The summed E-state index contributed by atoms with van der Waals surface area (Å²) in [6.07, 6.45) is 1.57. The summed E-state index contributed by atoms with van der Waals surface area (Å²) in [7, 11) is 0. The van der Waals surface area contributed by atoms with Crippen LogP contribution in [0, 0.1) is 0 Å². The fourth-order valence-corrected chi connectivity index (χ4v) is 2.21. The van der Waals surface area contributed by atoms with Crippen LogP contribution in [0.2, 0.25) is 0 Å². The van der Waals surface area contributed by atoms with Gasteiger partial charge in [0.05, 0.1) is 6.21 Å². The Hall–Kier alpha value is -3.14. The van der Waals surface area contributed by atoms with Crippen molar-refractivity contribution in [2.24, 2.45) is 5.10 Å². The predicted octanol–water partition coefficient (Wildman–Crippen LogP) is 3.31. The first-order chi connectivity index (χ1) is 10.7. The van der Waals surface area contributed by atoms with Crippen LogP contribution in [0.15, 0.2) is 71.8 Å². The van der Waals surface area contributed by atoms with Crippen molar-refractivity contribution in [1.29, 1.82) is 0 Å². The van der Waals surface area contributed by atoms with Crippen molar-refractivity contribution < 1.29 is 9.90 Å². The van der Waals surface area contributed by atoms with Crippen molar-refractivity contribution in [3.63, 3.8) is 0 Å². The largest absolute Gasteiger partial charge is 0.508 e. The zero-order valence-electron chi connectivity index (χ0n) is 11.7. The van der Waals surface area contributed by atoms with Crippen molar-refractivity contribution in [2.75, 3.05) is 0 Å². The highest BCUT2D eigenvalue weighted by Crippen LogP contribution is 2.22. The second kappa shape index (κ2) is 6.10. The normalized spacial score (nSPS) is 10.9. The average molecular weight is 290 g/mol. The molecule has 4 heteroatoms. The van der Waals surface area contributed by atoms with E-state index in [0.717, 1.165) is 16.3 Å². The first-order valence-corrected chi connectivity index (χ1v) is 6.84. The van der Waals surface area contributed by atoms with Crippen molar-refractivity contribution in [2.45, 2.75) is 0 Å². The Morgan fingerprint density at radius 2 is 1.82 bits per heavy atom. The van der Waals surface area contributed by atoms with E-state index in [2.05, 4.69) is 10.5 Å². The lowest BCUT2D eigenvalue weighted by Gasteiger charge is -2.03. The maximum Gasteiger partial charge on any atom is 0.271 e. The molecule has 0 aliphatic rings. The number of aromatic hydroxyl groups is 1. The minimum atomic E-state index is -0.264. The van der Waals surface area contributed by atoms with Crippen LogP contribution in [0.4, 0.5) is 0 Å². The molecule has 4 nitrogen and oxygen atoms in total. The number of phenolic OH excluding ortho intramolecular Hbond substituents is 1. The molecule has 0 atom stereocenters. The van der Waals surface area contributed by atoms with E-state index in [4.69, 9.17) is 0 Å². The topological polar surface area (TPSA) is 61.7 Å². The smallest absolute Gasteiger partial charge is 0.271 e. The van der Waals surface area contributed by atoms with Gasteiger partial charge in [0.1, 0.15) is 5.75 Å². The van der Waals surface area contributed by atoms with Gasteiger partial charge in [0.2, 0.25) is 0 Å². The quantitative estimate of drug-likeness (QED) is 0.574. The Balaban J connectivity index is 1.81. The third-order valence-electron chi connectivity index (χ3n) is 3.31. The summed E-state index contributed by atoms with van der Waals surface area (Å²) in [6.45, 7) is 0. The second-order valence-corrected chi connectivity index (χ2v) is 4.82. The molecule has 0 heterocycles. The van der Waals surface area contributed by atoms with E-state index in [1.807, 2.05) is 30.3 Å². The summed E-state index contributed by atoms with van der Waals surface area (Å²) < 4.78 is 0. The lowest BCUT2D eigenvalue weighted by Crippen LogP contribution is -2.17. The number of rotatable bonds is 3. The molecule has 0 radical (unpaired) electrons. The summed E-state index contributed by atoms with van der Waals surface area (Å²) in [4.78, 5) is 11.9.